The van der Waals surface area contributed by atoms with E-state index in [0.29, 0.717) is 11.5 Å². The lowest BCUT2D eigenvalue weighted by atomic mass is 10.1. The molecule has 1 N–H and O–H groups in total. The van der Waals surface area contributed by atoms with Crippen molar-refractivity contribution in [2.24, 2.45) is 0 Å². The van der Waals surface area contributed by atoms with Crippen molar-refractivity contribution in [3.63, 3.8) is 0 Å². The SMILES string of the molecule is COc1cccc(Oc2ccc(CO)c(C(F)(F)F)c2)c1. The molecule has 2 aromatic rings. The third-order valence-electron chi connectivity index (χ3n) is 2.83. The van der Waals surface area contributed by atoms with Crippen LogP contribution in [0.5, 0.6) is 17.2 Å². The van der Waals surface area contributed by atoms with E-state index in [4.69, 9.17) is 14.6 Å². The summed E-state index contributed by atoms with van der Waals surface area (Å²) in [5.74, 6) is 0.933. The molecule has 2 aromatic carbocycles. The average molecular weight is 298 g/mol. The first-order chi connectivity index (χ1) is 9.94. The highest BCUT2D eigenvalue weighted by Crippen LogP contribution is 2.35. The minimum absolute atomic E-state index is 0.0350. The molecule has 0 saturated carbocycles. The summed E-state index contributed by atoms with van der Waals surface area (Å²) in [6, 6.07) is 9.97. The molecule has 3 nitrogen and oxygen atoms in total. The molecule has 0 spiro atoms. The zero-order valence-corrected chi connectivity index (χ0v) is 11.1. The molecule has 0 unspecified atom stereocenters. The first kappa shape index (κ1) is 15.2. The highest BCUT2D eigenvalue weighted by Gasteiger charge is 2.33. The molecule has 2 rings (SSSR count). The van der Waals surface area contributed by atoms with Gasteiger partial charge in [0.15, 0.2) is 0 Å². The van der Waals surface area contributed by atoms with Crippen molar-refractivity contribution >= 4 is 0 Å². The van der Waals surface area contributed by atoms with Crippen LogP contribution in [0, 0.1) is 0 Å². The number of alkyl halides is 3. The van der Waals surface area contributed by atoms with Crippen molar-refractivity contribution in [3.05, 3.63) is 53.6 Å². The van der Waals surface area contributed by atoms with Gasteiger partial charge in [-0.05, 0) is 29.8 Å². The molecule has 21 heavy (non-hydrogen) atoms. The lowest BCUT2D eigenvalue weighted by molar-refractivity contribution is -0.138. The first-order valence-electron chi connectivity index (χ1n) is 6.07. The Balaban J connectivity index is 2.32. The molecule has 0 aliphatic rings. The van der Waals surface area contributed by atoms with Gasteiger partial charge in [-0.15, -0.1) is 0 Å². The van der Waals surface area contributed by atoms with Gasteiger partial charge in [-0.25, -0.2) is 0 Å². The summed E-state index contributed by atoms with van der Waals surface area (Å²) in [4.78, 5) is 0. The average Bonchev–Trinajstić information content (AvgIpc) is 2.46. The van der Waals surface area contributed by atoms with Crippen molar-refractivity contribution in [3.8, 4) is 17.2 Å². The molecule has 0 aliphatic heterocycles. The highest BCUT2D eigenvalue weighted by atomic mass is 19.4. The largest absolute Gasteiger partial charge is 0.497 e. The standard InChI is InChI=1S/C15H13F3O3/c1-20-11-3-2-4-12(7-11)21-13-6-5-10(9-19)14(8-13)15(16,17)18/h2-8,19H,9H2,1H3. The Morgan fingerprint density at radius 2 is 1.67 bits per heavy atom. The van der Waals surface area contributed by atoms with E-state index in [2.05, 4.69) is 0 Å². The van der Waals surface area contributed by atoms with Crippen LogP contribution in [-0.4, -0.2) is 12.2 Å². The number of benzene rings is 2. The molecule has 0 amide bonds. The maximum Gasteiger partial charge on any atom is 0.416 e. The Morgan fingerprint density at radius 3 is 2.29 bits per heavy atom. The fourth-order valence-electron chi connectivity index (χ4n) is 1.82. The van der Waals surface area contributed by atoms with E-state index in [-0.39, 0.29) is 11.3 Å². The molecule has 0 aromatic heterocycles. The maximum absolute atomic E-state index is 12.9. The second-order valence-corrected chi connectivity index (χ2v) is 4.26. The number of halogens is 3. The van der Waals surface area contributed by atoms with Crippen molar-refractivity contribution in [2.45, 2.75) is 12.8 Å². The Hall–Kier alpha value is -2.21. The van der Waals surface area contributed by atoms with E-state index in [1.54, 1.807) is 24.3 Å². The molecular weight excluding hydrogens is 285 g/mol. The van der Waals surface area contributed by atoms with Crippen LogP contribution in [-0.2, 0) is 12.8 Å². The van der Waals surface area contributed by atoms with Crippen LogP contribution in [0.15, 0.2) is 42.5 Å². The van der Waals surface area contributed by atoms with Crippen LogP contribution < -0.4 is 9.47 Å². The smallest absolute Gasteiger partial charge is 0.416 e. The van der Waals surface area contributed by atoms with Crippen molar-refractivity contribution in [2.75, 3.05) is 7.11 Å². The number of ether oxygens (including phenoxy) is 2. The second kappa shape index (κ2) is 6.05. The van der Waals surface area contributed by atoms with Crippen molar-refractivity contribution in [1.29, 1.82) is 0 Å². The van der Waals surface area contributed by atoms with Gasteiger partial charge >= 0.3 is 6.18 Å². The molecule has 0 atom stereocenters. The quantitative estimate of drug-likeness (QED) is 0.927. The zero-order valence-electron chi connectivity index (χ0n) is 11.1. The van der Waals surface area contributed by atoms with Crippen LogP contribution in [0.25, 0.3) is 0 Å². The molecule has 0 bridgehead atoms. The van der Waals surface area contributed by atoms with E-state index in [1.165, 1.54) is 19.2 Å². The molecule has 0 radical (unpaired) electrons. The number of aliphatic hydroxyl groups excluding tert-OH is 1. The van der Waals surface area contributed by atoms with Crippen molar-refractivity contribution < 1.29 is 27.8 Å². The Kier molecular flexibility index (Phi) is 4.37. The molecule has 0 fully saturated rings. The van der Waals surface area contributed by atoms with E-state index >= 15 is 0 Å². The van der Waals surface area contributed by atoms with Crippen molar-refractivity contribution in [1.82, 2.24) is 0 Å². The molecular formula is C15H13F3O3. The summed E-state index contributed by atoms with van der Waals surface area (Å²) < 4.78 is 49.1. The summed E-state index contributed by atoms with van der Waals surface area (Å²) in [5.41, 5.74) is -1.11. The van der Waals surface area contributed by atoms with Crippen LogP contribution in [0.3, 0.4) is 0 Å². The minimum atomic E-state index is -4.55. The number of rotatable bonds is 4. The van der Waals surface area contributed by atoms with E-state index in [9.17, 15) is 13.2 Å². The summed E-state index contributed by atoms with van der Waals surface area (Å²) in [6.45, 7) is -0.686. The lowest BCUT2D eigenvalue weighted by Crippen LogP contribution is -2.09. The molecule has 0 saturated heterocycles. The molecule has 0 aliphatic carbocycles. The Labute approximate surface area is 119 Å². The van der Waals surface area contributed by atoms with Gasteiger partial charge in [0.05, 0.1) is 19.3 Å². The molecule has 112 valence electrons. The summed E-state index contributed by atoms with van der Waals surface area (Å²) in [5, 5.41) is 8.97. The topological polar surface area (TPSA) is 38.7 Å². The van der Waals surface area contributed by atoms with Crippen LogP contribution in [0.1, 0.15) is 11.1 Å². The first-order valence-corrected chi connectivity index (χ1v) is 6.07. The summed E-state index contributed by atoms with van der Waals surface area (Å²) in [7, 11) is 1.48. The fourth-order valence-corrected chi connectivity index (χ4v) is 1.82. The maximum atomic E-state index is 12.9. The van der Waals surface area contributed by atoms with Gasteiger partial charge in [-0.2, -0.15) is 13.2 Å². The summed E-state index contributed by atoms with van der Waals surface area (Å²) >= 11 is 0. The molecule has 0 heterocycles. The minimum Gasteiger partial charge on any atom is -0.497 e. The number of hydrogen-bond acceptors (Lipinski definition) is 3. The van der Waals surface area contributed by atoms with E-state index < -0.39 is 18.3 Å². The Morgan fingerprint density at radius 1 is 1.00 bits per heavy atom. The van der Waals surface area contributed by atoms with Gasteiger partial charge in [-0.3, -0.25) is 0 Å². The number of methoxy groups -OCH3 is 1. The predicted octanol–water partition coefficient (Wildman–Crippen LogP) is 4.00. The van der Waals surface area contributed by atoms with Gasteiger partial charge in [0, 0.05) is 6.07 Å². The zero-order chi connectivity index (χ0) is 15.5. The highest BCUT2D eigenvalue weighted by molar-refractivity contribution is 5.41. The van der Waals surface area contributed by atoms with Gasteiger partial charge in [0.1, 0.15) is 17.2 Å². The predicted molar refractivity (Wildman–Crippen MR) is 70.4 cm³/mol. The normalized spacial score (nSPS) is 11.3. The van der Waals surface area contributed by atoms with Crippen LogP contribution in [0.2, 0.25) is 0 Å². The summed E-state index contributed by atoms with van der Waals surface area (Å²) in [6.07, 6.45) is -4.55. The van der Waals surface area contributed by atoms with Gasteiger partial charge in [0.2, 0.25) is 0 Å². The third kappa shape index (κ3) is 3.66. The van der Waals surface area contributed by atoms with E-state index in [1.807, 2.05) is 0 Å². The fraction of sp³-hybridized carbons (Fsp3) is 0.200. The molecule has 6 heteroatoms. The van der Waals surface area contributed by atoms with Gasteiger partial charge in [0.25, 0.3) is 0 Å². The number of aliphatic hydroxyl groups is 1. The second-order valence-electron chi connectivity index (χ2n) is 4.26. The van der Waals surface area contributed by atoms with E-state index in [0.717, 1.165) is 6.07 Å². The third-order valence-corrected chi connectivity index (χ3v) is 2.83. The van der Waals surface area contributed by atoms with Gasteiger partial charge in [-0.1, -0.05) is 12.1 Å². The van der Waals surface area contributed by atoms with Crippen LogP contribution >= 0.6 is 0 Å². The number of hydrogen-bond donors (Lipinski definition) is 1. The lowest BCUT2D eigenvalue weighted by Gasteiger charge is -2.14. The van der Waals surface area contributed by atoms with Gasteiger partial charge < -0.3 is 14.6 Å². The monoisotopic (exact) mass is 298 g/mol. The Bertz CT molecular complexity index is 624. The van der Waals surface area contributed by atoms with Crippen LogP contribution in [0.4, 0.5) is 13.2 Å².